The first-order valence-corrected chi connectivity index (χ1v) is 13.1. The van der Waals surface area contributed by atoms with Crippen LogP contribution in [0.2, 0.25) is 5.02 Å². The number of aryl methyl sites for hydroxylation is 1. The van der Waals surface area contributed by atoms with E-state index in [0.717, 1.165) is 17.1 Å². The summed E-state index contributed by atoms with van der Waals surface area (Å²) < 4.78 is 38.7. The quantitative estimate of drug-likeness (QED) is 0.232. The van der Waals surface area contributed by atoms with Crippen molar-refractivity contribution in [3.63, 3.8) is 0 Å². The average Bonchev–Trinajstić information content (AvgIpc) is 3.32. The van der Waals surface area contributed by atoms with Crippen molar-refractivity contribution in [1.82, 2.24) is 9.36 Å². The molecule has 0 spiro atoms. The van der Waals surface area contributed by atoms with Gasteiger partial charge in [-0.3, -0.25) is 10.1 Å². The number of nitrogens with zero attached hydrogens (tertiary/aromatic N) is 3. The van der Waals surface area contributed by atoms with Crippen LogP contribution in [0.4, 0.5) is 5.13 Å². The summed E-state index contributed by atoms with van der Waals surface area (Å²) in [4.78, 5) is 16.2. The largest absolute Gasteiger partial charge is 0.490 e. The zero-order valence-electron chi connectivity index (χ0n) is 18.8. The number of carbonyl (C=O) groups excluding carboxylic acids is 1. The van der Waals surface area contributed by atoms with Gasteiger partial charge < -0.3 is 9.47 Å². The Bertz CT molecular complexity index is 1380. The Morgan fingerprint density at radius 1 is 1.17 bits per heavy atom. The van der Waals surface area contributed by atoms with E-state index in [9.17, 15) is 18.5 Å². The normalized spacial score (nSPS) is 11.5. The van der Waals surface area contributed by atoms with Crippen LogP contribution in [-0.2, 0) is 14.6 Å². The summed E-state index contributed by atoms with van der Waals surface area (Å²) in [5, 5.41) is 12.1. The molecule has 0 fully saturated rings. The minimum Gasteiger partial charge on any atom is -0.490 e. The predicted octanol–water partition coefficient (Wildman–Crippen LogP) is 4.30. The van der Waals surface area contributed by atoms with E-state index in [1.807, 2.05) is 19.1 Å². The highest BCUT2D eigenvalue weighted by Crippen LogP contribution is 2.21. The fraction of sp³-hybridized carbons (Fsp3) is 0.217. The van der Waals surface area contributed by atoms with Crippen LogP contribution < -0.4 is 14.8 Å². The van der Waals surface area contributed by atoms with E-state index in [0.29, 0.717) is 35.3 Å². The highest BCUT2D eigenvalue weighted by atomic mass is 35.5. The standard InChI is InChI=1S/C23H21ClN4O5S2/c1-3-35(30,31)23-27-22(34-28-23)26-21(29)17(14-25)13-16-4-6-18(7-5-16)32-10-11-33-19-8-9-20(24)15(2)12-19/h4-9,12-13H,3,10-11H2,1-2H3,(H,26,27,28,29). The van der Waals surface area contributed by atoms with E-state index in [-0.39, 0.29) is 21.6 Å². The molecule has 0 atom stereocenters. The van der Waals surface area contributed by atoms with Crippen molar-refractivity contribution in [3.05, 3.63) is 64.2 Å². The van der Waals surface area contributed by atoms with E-state index >= 15 is 0 Å². The molecule has 0 unspecified atom stereocenters. The number of nitrogens with one attached hydrogen (secondary N) is 1. The highest BCUT2D eigenvalue weighted by molar-refractivity contribution is 7.91. The van der Waals surface area contributed by atoms with Crippen molar-refractivity contribution in [2.75, 3.05) is 24.3 Å². The smallest absolute Gasteiger partial charge is 0.268 e. The fourth-order valence-electron chi connectivity index (χ4n) is 2.68. The second-order valence-electron chi connectivity index (χ2n) is 7.09. The first kappa shape index (κ1) is 26.2. The number of nitriles is 1. The van der Waals surface area contributed by atoms with Crippen molar-refractivity contribution in [3.8, 4) is 17.6 Å². The average molecular weight is 533 g/mol. The summed E-state index contributed by atoms with van der Waals surface area (Å²) >= 11 is 6.72. The van der Waals surface area contributed by atoms with E-state index < -0.39 is 15.7 Å². The van der Waals surface area contributed by atoms with Gasteiger partial charge in [0, 0.05) is 16.6 Å². The molecule has 0 aliphatic carbocycles. The molecule has 0 aliphatic rings. The second kappa shape index (κ2) is 11.8. The van der Waals surface area contributed by atoms with Crippen LogP contribution in [0.3, 0.4) is 0 Å². The third-order valence-corrected chi connectivity index (χ3v) is 7.26. The molecule has 1 heterocycles. The summed E-state index contributed by atoms with van der Waals surface area (Å²) in [6, 6.07) is 14.0. The molecule has 0 saturated heterocycles. The number of halogens is 1. The highest BCUT2D eigenvalue weighted by Gasteiger charge is 2.20. The van der Waals surface area contributed by atoms with E-state index in [1.54, 1.807) is 36.4 Å². The molecule has 182 valence electrons. The molecule has 9 nitrogen and oxygen atoms in total. The monoisotopic (exact) mass is 532 g/mol. The summed E-state index contributed by atoms with van der Waals surface area (Å²) in [6.45, 7) is 4.03. The third-order valence-electron chi connectivity index (χ3n) is 4.59. The number of benzene rings is 2. The van der Waals surface area contributed by atoms with Crippen molar-refractivity contribution in [1.29, 1.82) is 5.26 Å². The molecule has 2 aromatic carbocycles. The summed E-state index contributed by atoms with van der Waals surface area (Å²) in [6.07, 6.45) is 1.40. The third kappa shape index (κ3) is 7.26. The van der Waals surface area contributed by atoms with Gasteiger partial charge in [-0.2, -0.15) is 14.6 Å². The van der Waals surface area contributed by atoms with E-state index in [1.165, 1.54) is 13.0 Å². The Kier molecular flexibility index (Phi) is 8.81. The van der Waals surface area contributed by atoms with Crippen LogP contribution in [0, 0.1) is 18.3 Å². The lowest BCUT2D eigenvalue weighted by Crippen LogP contribution is -2.13. The molecule has 0 saturated carbocycles. The summed E-state index contributed by atoms with van der Waals surface area (Å²) in [7, 11) is -3.59. The molecule has 0 radical (unpaired) electrons. The molecule has 12 heteroatoms. The van der Waals surface area contributed by atoms with Gasteiger partial charge in [-0.05, 0) is 54.5 Å². The van der Waals surface area contributed by atoms with Crippen LogP contribution in [-0.4, -0.2) is 42.6 Å². The second-order valence-corrected chi connectivity index (χ2v) is 10.4. The van der Waals surface area contributed by atoms with Crippen LogP contribution >= 0.6 is 23.1 Å². The van der Waals surface area contributed by atoms with Gasteiger partial charge in [0.15, 0.2) is 0 Å². The Labute approximate surface area is 212 Å². The van der Waals surface area contributed by atoms with Crippen molar-refractivity contribution in [2.45, 2.75) is 19.0 Å². The van der Waals surface area contributed by atoms with Gasteiger partial charge in [-0.25, -0.2) is 8.42 Å². The molecular weight excluding hydrogens is 512 g/mol. The number of aromatic nitrogens is 2. The van der Waals surface area contributed by atoms with E-state index in [2.05, 4.69) is 14.7 Å². The van der Waals surface area contributed by atoms with Gasteiger partial charge in [-0.1, -0.05) is 30.7 Å². The van der Waals surface area contributed by atoms with Gasteiger partial charge in [-0.15, -0.1) is 0 Å². The Morgan fingerprint density at radius 3 is 2.46 bits per heavy atom. The Hall–Kier alpha value is -3.46. The van der Waals surface area contributed by atoms with Crippen LogP contribution in [0.25, 0.3) is 6.08 Å². The number of ether oxygens (including phenoxy) is 2. The number of hydrogen-bond acceptors (Lipinski definition) is 9. The maximum atomic E-state index is 12.4. The zero-order valence-corrected chi connectivity index (χ0v) is 21.2. The number of anilines is 1. The van der Waals surface area contributed by atoms with Gasteiger partial charge in [0.1, 0.15) is 36.4 Å². The molecule has 1 amide bonds. The van der Waals surface area contributed by atoms with Crippen molar-refractivity contribution >= 4 is 50.1 Å². The lowest BCUT2D eigenvalue weighted by atomic mass is 10.1. The summed E-state index contributed by atoms with van der Waals surface area (Å²) in [5.74, 6) is 0.420. The number of sulfone groups is 1. The Balaban J connectivity index is 1.54. The lowest BCUT2D eigenvalue weighted by Gasteiger charge is -2.09. The van der Waals surface area contributed by atoms with Gasteiger partial charge >= 0.3 is 0 Å². The molecule has 1 N–H and O–H groups in total. The molecule has 35 heavy (non-hydrogen) atoms. The minimum atomic E-state index is -3.59. The SMILES string of the molecule is CCS(=O)(=O)c1nsc(NC(=O)C(C#N)=Cc2ccc(OCCOc3ccc(Cl)c(C)c3)cc2)n1. The fourth-order valence-corrected chi connectivity index (χ4v) is 4.38. The lowest BCUT2D eigenvalue weighted by molar-refractivity contribution is -0.112. The Morgan fingerprint density at radius 2 is 1.83 bits per heavy atom. The van der Waals surface area contributed by atoms with Gasteiger partial charge in [0.05, 0.1) is 5.75 Å². The van der Waals surface area contributed by atoms with Gasteiger partial charge in [0.2, 0.25) is 15.0 Å². The maximum absolute atomic E-state index is 12.4. The van der Waals surface area contributed by atoms with Crippen molar-refractivity contribution in [2.24, 2.45) is 0 Å². The topological polar surface area (TPSA) is 131 Å². The zero-order chi connectivity index (χ0) is 25.4. The molecular formula is C23H21ClN4O5S2. The predicted molar refractivity (Wildman–Crippen MR) is 133 cm³/mol. The van der Waals surface area contributed by atoms with Crippen molar-refractivity contribution < 1.29 is 22.7 Å². The number of rotatable bonds is 10. The van der Waals surface area contributed by atoms with Crippen LogP contribution in [0.15, 0.2) is 53.2 Å². The molecule has 3 rings (SSSR count). The summed E-state index contributed by atoms with van der Waals surface area (Å²) in [5.41, 5.74) is 1.35. The van der Waals surface area contributed by atoms with Crippen LogP contribution in [0.1, 0.15) is 18.1 Å². The molecule has 1 aromatic heterocycles. The number of carbonyl (C=O) groups is 1. The van der Waals surface area contributed by atoms with Gasteiger partial charge in [0.25, 0.3) is 11.1 Å². The van der Waals surface area contributed by atoms with Crippen LogP contribution in [0.5, 0.6) is 11.5 Å². The minimum absolute atomic E-state index is 0.0112. The van der Waals surface area contributed by atoms with E-state index in [4.69, 9.17) is 21.1 Å². The maximum Gasteiger partial charge on any atom is 0.268 e. The first-order valence-electron chi connectivity index (χ1n) is 10.3. The molecule has 0 aliphatic heterocycles. The molecule has 0 bridgehead atoms. The first-order chi connectivity index (χ1) is 16.7. The molecule has 3 aromatic rings. The number of amides is 1. The number of hydrogen-bond donors (Lipinski definition) is 1.